The van der Waals surface area contributed by atoms with Crippen molar-refractivity contribution >= 4 is 17.4 Å². The van der Waals surface area contributed by atoms with E-state index in [9.17, 15) is 9.90 Å². The fourth-order valence-electron chi connectivity index (χ4n) is 4.51. The zero-order valence-corrected chi connectivity index (χ0v) is 17.0. The monoisotopic (exact) mass is 399 g/mol. The van der Waals surface area contributed by atoms with Crippen LogP contribution in [0.5, 0.6) is 0 Å². The molecule has 2 aromatic rings. The third-order valence-corrected chi connectivity index (χ3v) is 7.03. The second-order valence-corrected chi connectivity index (χ2v) is 8.70. The van der Waals surface area contributed by atoms with Gasteiger partial charge in [0.25, 0.3) is 0 Å². The van der Waals surface area contributed by atoms with Crippen LogP contribution in [0.25, 0.3) is 0 Å². The first-order valence-corrected chi connectivity index (χ1v) is 11.1. The van der Waals surface area contributed by atoms with Gasteiger partial charge in [0.2, 0.25) is 0 Å². The van der Waals surface area contributed by atoms with Crippen molar-refractivity contribution in [3.63, 3.8) is 0 Å². The largest absolute Gasteiger partial charge is 0.396 e. The second-order valence-electron chi connectivity index (χ2n) is 7.70. The van der Waals surface area contributed by atoms with Crippen molar-refractivity contribution in [3.05, 3.63) is 57.8 Å². The van der Waals surface area contributed by atoms with E-state index in [1.54, 1.807) is 0 Å². The van der Waals surface area contributed by atoms with E-state index in [0.29, 0.717) is 13.0 Å². The molecule has 1 aromatic carbocycles. The Balaban J connectivity index is 1.45. The fourth-order valence-corrected chi connectivity index (χ4v) is 5.40. The molecule has 1 fully saturated rings. The van der Waals surface area contributed by atoms with E-state index in [1.165, 1.54) is 16.0 Å². The topological polar surface area (TPSA) is 55.8 Å². The molecule has 2 amide bonds. The number of rotatable bonds is 6. The molecule has 2 unspecified atom stereocenters. The van der Waals surface area contributed by atoms with Crippen LogP contribution in [0, 0.1) is 0 Å². The molecule has 0 saturated carbocycles. The minimum Gasteiger partial charge on any atom is -0.396 e. The van der Waals surface area contributed by atoms with Crippen LogP contribution in [-0.4, -0.2) is 53.2 Å². The molecule has 2 aliphatic rings. The maximum absolute atomic E-state index is 12.8. The summed E-state index contributed by atoms with van der Waals surface area (Å²) in [6.45, 7) is 3.47. The first-order valence-electron chi connectivity index (χ1n) is 10.3. The summed E-state index contributed by atoms with van der Waals surface area (Å²) in [5, 5.41) is 14.6. The average Bonchev–Trinajstić information content (AvgIpc) is 3.38. The molecule has 1 saturated heterocycles. The molecular weight excluding hydrogens is 370 g/mol. The van der Waals surface area contributed by atoms with Crippen molar-refractivity contribution < 1.29 is 9.90 Å². The van der Waals surface area contributed by atoms with Crippen molar-refractivity contribution in [1.82, 2.24) is 15.1 Å². The standard InChI is InChI=1S/C22H29N3O2S/c26-13-9-19-7-4-11-25(19)22(27)23-15-20(17-5-2-1-3-6-17)24-12-8-21-18(16-24)10-14-28-21/h1-3,5-6,10,14,19-20,26H,4,7-9,11-13,15-16H2,(H,23,27). The number of fused-ring (bicyclic) bond motifs is 1. The smallest absolute Gasteiger partial charge is 0.317 e. The Kier molecular flexibility index (Phi) is 6.29. The van der Waals surface area contributed by atoms with Crippen molar-refractivity contribution in [3.8, 4) is 0 Å². The molecule has 2 N–H and O–H groups in total. The van der Waals surface area contributed by atoms with E-state index >= 15 is 0 Å². The van der Waals surface area contributed by atoms with Crippen LogP contribution < -0.4 is 5.32 Å². The molecule has 2 atom stereocenters. The first kappa shape index (κ1) is 19.4. The molecule has 0 aliphatic carbocycles. The van der Waals surface area contributed by atoms with Crippen LogP contribution in [0.4, 0.5) is 4.79 Å². The van der Waals surface area contributed by atoms with Gasteiger partial charge in [0, 0.05) is 43.7 Å². The van der Waals surface area contributed by atoms with Gasteiger partial charge in [-0.05, 0) is 48.3 Å². The number of nitrogens with zero attached hydrogens (tertiary/aromatic N) is 2. The highest BCUT2D eigenvalue weighted by molar-refractivity contribution is 7.10. The van der Waals surface area contributed by atoms with Crippen LogP contribution in [0.15, 0.2) is 41.8 Å². The Hall–Kier alpha value is -1.89. The van der Waals surface area contributed by atoms with Crippen molar-refractivity contribution in [2.75, 3.05) is 26.2 Å². The molecule has 150 valence electrons. The Morgan fingerprint density at radius 2 is 2.11 bits per heavy atom. The molecule has 0 spiro atoms. The molecule has 5 nitrogen and oxygen atoms in total. The third kappa shape index (κ3) is 4.24. The van der Waals surface area contributed by atoms with Crippen molar-refractivity contribution in [2.24, 2.45) is 0 Å². The number of carbonyl (C=O) groups excluding carboxylic acids is 1. The summed E-state index contributed by atoms with van der Waals surface area (Å²) < 4.78 is 0. The number of amides is 2. The Morgan fingerprint density at radius 1 is 1.25 bits per heavy atom. The molecule has 28 heavy (non-hydrogen) atoms. The van der Waals surface area contributed by atoms with Crippen LogP contribution >= 0.6 is 11.3 Å². The van der Waals surface area contributed by atoms with E-state index in [-0.39, 0.29) is 24.7 Å². The lowest BCUT2D eigenvalue weighted by Crippen LogP contribution is -2.46. The number of hydrogen-bond donors (Lipinski definition) is 2. The highest BCUT2D eigenvalue weighted by atomic mass is 32.1. The van der Waals surface area contributed by atoms with Gasteiger partial charge >= 0.3 is 6.03 Å². The number of thiophene rings is 1. The van der Waals surface area contributed by atoms with Crippen LogP contribution in [0.2, 0.25) is 0 Å². The average molecular weight is 400 g/mol. The summed E-state index contributed by atoms with van der Waals surface area (Å²) in [5.74, 6) is 0. The van der Waals surface area contributed by atoms with Crippen molar-refractivity contribution in [2.45, 2.75) is 44.3 Å². The fraction of sp³-hybridized carbons (Fsp3) is 0.500. The summed E-state index contributed by atoms with van der Waals surface area (Å²) >= 11 is 1.85. The number of aliphatic hydroxyl groups is 1. The molecule has 3 heterocycles. The molecule has 1 aromatic heterocycles. The number of nitrogens with one attached hydrogen (secondary N) is 1. The molecule has 4 rings (SSSR count). The summed E-state index contributed by atoms with van der Waals surface area (Å²) in [4.78, 5) is 18.7. The summed E-state index contributed by atoms with van der Waals surface area (Å²) in [6.07, 6.45) is 3.76. The van der Waals surface area contributed by atoms with Gasteiger partial charge < -0.3 is 15.3 Å². The summed E-state index contributed by atoms with van der Waals surface area (Å²) in [5.41, 5.74) is 2.67. The van der Waals surface area contributed by atoms with Gasteiger partial charge in [-0.1, -0.05) is 30.3 Å². The number of carbonyl (C=O) groups is 1. The molecular formula is C22H29N3O2S. The van der Waals surface area contributed by atoms with Gasteiger partial charge in [-0.15, -0.1) is 11.3 Å². The van der Waals surface area contributed by atoms with E-state index in [4.69, 9.17) is 0 Å². The first-order chi connectivity index (χ1) is 13.8. The van der Waals surface area contributed by atoms with Gasteiger partial charge in [0.15, 0.2) is 0 Å². The van der Waals surface area contributed by atoms with Crippen LogP contribution in [0.3, 0.4) is 0 Å². The van der Waals surface area contributed by atoms with E-state index in [1.807, 2.05) is 22.3 Å². The number of likely N-dealkylation sites (tertiary alicyclic amines) is 1. The Morgan fingerprint density at radius 3 is 2.93 bits per heavy atom. The zero-order chi connectivity index (χ0) is 19.3. The summed E-state index contributed by atoms with van der Waals surface area (Å²) in [7, 11) is 0. The maximum atomic E-state index is 12.8. The van der Waals surface area contributed by atoms with Crippen LogP contribution in [0.1, 0.15) is 41.3 Å². The zero-order valence-electron chi connectivity index (χ0n) is 16.2. The number of aliphatic hydroxyl groups excluding tert-OH is 1. The predicted octanol–water partition coefficient (Wildman–Crippen LogP) is 3.40. The lowest BCUT2D eigenvalue weighted by molar-refractivity contribution is 0.158. The Bertz CT molecular complexity index is 779. The van der Waals surface area contributed by atoms with E-state index in [2.05, 4.69) is 45.9 Å². The lowest BCUT2D eigenvalue weighted by Gasteiger charge is -2.35. The summed E-state index contributed by atoms with van der Waals surface area (Å²) in [6, 6.07) is 13.1. The van der Waals surface area contributed by atoms with Gasteiger partial charge in [0.1, 0.15) is 0 Å². The second kappa shape index (κ2) is 9.07. The van der Waals surface area contributed by atoms with Gasteiger partial charge in [0.05, 0.1) is 6.04 Å². The quantitative estimate of drug-likeness (QED) is 0.783. The molecule has 6 heteroatoms. The maximum Gasteiger partial charge on any atom is 0.317 e. The predicted molar refractivity (Wildman–Crippen MR) is 112 cm³/mol. The lowest BCUT2D eigenvalue weighted by atomic mass is 10.0. The van der Waals surface area contributed by atoms with E-state index in [0.717, 1.165) is 38.9 Å². The number of urea groups is 1. The number of hydrogen-bond acceptors (Lipinski definition) is 4. The minimum atomic E-state index is 0.00473. The van der Waals surface area contributed by atoms with Crippen LogP contribution in [-0.2, 0) is 13.0 Å². The minimum absolute atomic E-state index is 0.00473. The molecule has 2 aliphatic heterocycles. The molecule has 0 bridgehead atoms. The highest BCUT2D eigenvalue weighted by Gasteiger charge is 2.30. The van der Waals surface area contributed by atoms with Gasteiger partial charge in [-0.25, -0.2) is 4.79 Å². The SMILES string of the molecule is O=C(NCC(c1ccccc1)N1CCc2sccc2C1)N1CCCC1CCO. The normalized spacial score (nSPS) is 20.8. The van der Waals surface area contributed by atoms with Gasteiger partial charge in [-0.2, -0.15) is 0 Å². The third-order valence-electron chi connectivity index (χ3n) is 6.01. The highest BCUT2D eigenvalue weighted by Crippen LogP contribution is 2.30. The van der Waals surface area contributed by atoms with E-state index < -0.39 is 0 Å². The number of benzene rings is 1. The molecule has 0 radical (unpaired) electrons. The Labute approximate surface area is 171 Å². The van der Waals surface area contributed by atoms with Gasteiger partial charge in [-0.3, -0.25) is 4.90 Å². The van der Waals surface area contributed by atoms with Crippen molar-refractivity contribution in [1.29, 1.82) is 0 Å².